The number of rotatable bonds is 5. The van der Waals surface area contributed by atoms with Crippen LogP contribution in [0.5, 0.6) is 0 Å². The molecule has 4 N–H and O–H groups in total. The normalized spacial score (nSPS) is 23.5. The Bertz CT molecular complexity index is 402. The minimum atomic E-state index is 0.247. The molecule has 0 spiro atoms. The molecule has 0 radical (unpaired) electrons. The van der Waals surface area contributed by atoms with E-state index in [1.165, 1.54) is 6.42 Å². The molecule has 1 aliphatic rings. The second-order valence-corrected chi connectivity index (χ2v) is 5.21. The minimum absolute atomic E-state index is 0.247. The van der Waals surface area contributed by atoms with Gasteiger partial charge in [-0.05, 0) is 19.3 Å². The minimum Gasteiger partial charge on any atom is -0.396 e. The molecule has 5 nitrogen and oxygen atoms in total. The third kappa shape index (κ3) is 2.46. The first-order valence-electron chi connectivity index (χ1n) is 6.86. The van der Waals surface area contributed by atoms with Gasteiger partial charge < -0.3 is 16.2 Å². The zero-order valence-corrected chi connectivity index (χ0v) is 11.3. The van der Waals surface area contributed by atoms with Crippen molar-refractivity contribution in [1.29, 1.82) is 0 Å². The lowest BCUT2D eigenvalue weighted by Gasteiger charge is -2.20. The van der Waals surface area contributed by atoms with Gasteiger partial charge in [0.2, 0.25) is 0 Å². The molecule has 2 atom stereocenters. The summed E-state index contributed by atoms with van der Waals surface area (Å²) in [5.41, 5.74) is 7.89. The Morgan fingerprint density at radius 2 is 2.28 bits per heavy atom. The number of hydrogen-bond acceptors (Lipinski definition) is 4. The zero-order valence-electron chi connectivity index (χ0n) is 11.3. The van der Waals surface area contributed by atoms with Gasteiger partial charge in [0, 0.05) is 25.6 Å². The largest absolute Gasteiger partial charge is 0.396 e. The monoisotopic (exact) mass is 252 g/mol. The van der Waals surface area contributed by atoms with Gasteiger partial charge in [-0.2, -0.15) is 5.10 Å². The molecule has 0 aliphatic heterocycles. The van der Waals surface area contributed by atoms with E-state index in [1.807, 2.05) is 11.7 Å². The van der Waals surface area contributed by atoms with E-state index in [0.29, 0.717) is 12.0 Å². The fraction of sp³-hybridized carbons (Fsp3) is 0.769. The van der Waals surface area contributed by atoms with Gasteiger partial charge in [0.15, 0.2) is 0 Å². The van der Waals surface area contributed by atoms with Gasteiger partial charge in [0.05, 0.1) is 11.4 Å². The third-order valence-electron chi connectivity index (χ3n) is 3.86. The van der Waals surface area contributed by atoms with Crippen LogP contribution in [0.15, 0.2) is 0 Å². The molecule has 2 unspecified atom stereocenters. The Labute approximate surface area is 108 Å². The van der Waals surface area contributed by atoms with Crippen molar-refractivity contribution in [1.82, 2.24) is 9.78 Å². The maximum Gasteiger partial charge on any atom is 0.148 e. The number of nitrogen functional groups attached to an aromatic ring is 1. The average molecular weight is 252 g/mol. The van der Waals surface area contributed by atoms with Crippen LogP contribution in [0, 0.1) is 5.92 Å². The first kappa shape index (κ1) is 13.2. The van der Waals surface area contributed by atoms with Crippen LogP contribution < -0.4 is 11.1 Å². The molecule has 102 valence electrons. The first-order chi connectivity index (χ1) is 8.67. The molecule has 18 heavy (non-hydrogen) atoms. The second-order valence-electron chi connectivity index (χ2n) is 5.21. The van der Waals surface area contributed by atoms with Crippen molar-refractivity contribution in [3.8, 4) is 0 Å². The molecular weight excluding hydrogens is 228 g/mol. The van der Waals surface area contributed by atoms with Crippen molar-refractivity contribution in [2.45, 2.75) is 45.1 Å². The number of aryl methyl sites for hydroxylation is 2. The summed E-state index contributed by atoms with van der Waals surface area (Å²) in [6.07, 6.45) is 5.31. The van der Waals surface area contributed by atoms with Gasteiger partial charge in [0.1, 0.15) is 5.82 Å². The highest BCUT2D eigenvalue weighted by Crippen LogP contribution is 2.31. The number of aliphatic hydroxyl groups is 1. The van der Waals surface area contributed by atoms with E-state index < -0.39 is 0 Å². The summed E-state index contributed by atoms with van der Waals surface area (Å²) in [5.74, 6) is 1.25. The van der Waals surface area contributed by atoms with Gasteiger partial charge in [-0.25, -0.2) is 0 Å². The lowest BCUT2D eigenvalue weighted by atomic mass is 10.1. The third-order valence-corrected chi connectivity index (χ3v) is 3.86. The van der Waals surface area contributed by atoms with E-state index in [9.17, 15) is 5.11 Å². The summed E-state index contributed by atoms with van der Waals surface area (Å²) in [6, 6.07) is 0.321. The second kappa shape index (κ2) is 5.61. The van der Waals surface area contributed by atoms with E-state index in [1.54, 1.807) is 0 Å². The molecule has 0 amide bonds. The number of anilines is 2. The van der Waals surface area contributed by atoms with Crippen molar-refractivity contribution >= 4 is 11.5 Å². The van der Waals surface area contributed by atoms with E-state index in [-0.39, 0.29) is 6.61 Å². The van der Waals surface area contributed by atoms with E-state index >= 15 is 0 Å². The van der Waals surface area contributed by atoms with Crippen molar-refractivity contribution in [2.75, 3.05) is 17.7 Å². The molecule has 0 bridgehead atoms. The van der Waals surface area contributed by atoms with Gasteiger partial charge in [-0.15, -0.1) is 0 Å². The van der Waals surface area contributed by atoms with Crippen LogP contribution in [0.2, 0.25) is 0 Å². The standard InChI is InChI=1S/C13H24N4O/c1-3-5-11-12(14)13(17(2)16-11)15-10-7-4-6-9(10)8-18/h9-10,15,18H,3-8,14H2,1-2H3. The summed E-state index contributed by atoms with van der Waals surface area (Å²) in [4.78, 5) is 0. The highest BCUT2D eigenvalue weighted by molar-refractivity contribution is 5.65. The van der Waals surface area contributed by atoms with Crippen LogP contribution in [-0.4, -0.2) is 27.5 Å². The van der Waals surface area contributed by atoms with Crippen molar-refractivity contribution in [2.24, 2.45) is 13.0 Å². The van der Waals surface area contributed by atoms with Crippen LogP contribution in [-0.2, 0) is 13.5 Å². The predicted molar refractivity (Wildman–Crippen MR) is 73.5 cm³/mol. The number of aromatic nitrogens is 2. The number of nitrogens with zero attached hydrogens (tertiary/aromatic N) is 2. The molecule has 1 aliphatic carbocycles. The number of nitrogens with one attached hydrogen (secondary N) is 1. The molecular formula is C13H24N4O. The van der Waals surface area contributed by atoms with Crippen LogP contribution in [0.4, 0.5) is 11.5 Å². The quantitative estimate of drug-likeness (QED) is 0.743. The van der Waals surface area contributed by atoms with Crippen molar-refractivity contribution in [3.05, 3.63) is 5.69 Å². The predicted octanol–water partition coefficient (Wildman–Crippen LogP) is 1.53. The fourth-order valence-electron chi connectivity index (χ4n) is 2.81. The molecule has 2 rings (SSSR count). The zero-order chi connectivity index (χ0) is 13.1. The van der Waals surface area contributed by atoms with Gasteiger partial charge >= 0.3 is 0 Å². The summed E-state index contributed by atoms with van der Waals surface area (Å²) in [5, 5.41) is 17.3. The maximum atomic E-state index is 9.35. The highest BCUT2D eigenvalue weighted by atomic mass is 16.3. The van der Waals surface area contributed by atoms with Crippen LogP contribution >= 0.6 is 0 Å². The lowest BCUT2D eigenvalue weighted by molar-refractivity contribution is 0.222. The van der Waals surface area contributed by atoms with Crippen LogP contribution in [0.3, 0.4) is 0 Å². The Hall–Kier alpha value is -1.23. The van der Waals surface area contributed by atoms with Gasteiger partial charge in [0.25, 0.3) is 0 Å². The SMILES string of the molecule is CCCc1nn(C)c(NC2CCCC2CO)c1N. The fourth-order valence-corrected chi connectivity index (χ4v) is 2.81. The average Bonchev–Trinajstić information content (AvgIpc) is 2.90. The Balaban J connectivity index is 2.13. The van der Waals surface area contributed by atoms with E-state index in [0.717, 1.165) is 42.9 Å². The van der Waals surface area contributed by atoms with Crippen LogP contribution in [0.1, 0.15) is 38.3 Å². The smallest absolute Gasteiger partial charge is 0.148 e. The van der Waals surface area contributed by atoms with E-state index in [2.05, 4.69) is 17.3 Å². The number of hydrogen-bond donors (Lipinski definition) is 3. The molecule has 0 saturated heterocycles. The molecule has 1 aromatic rings. The molecule has 5 heteroatoms. The molecule has 0 aromatic carbocycles. The van der Waals surface area contributed by atoms with Crippen LogP contribution in [0.25, 0.3) is 0 Å². The lowest BCUT2D eigenvalue weighted by Crippen LogP contribution is -2.27. The van der Waals surface area contributed by atoms with Gasteiger partial charge in [-0.1, -0.05) is 19.8 Å². The number of nitrogens with two attached hydrogens (primary N) is 1. The first-order valence-corrected chi connectivity index (χ1v) is 6.86. The topological polar surface area (TPSA) is 76.1 Å². The summed E-state index contributed by atoms with van der Waals surface area (Å²) < 4.78 is 1.83. The Kier molecular flexibility index (Phi) is 4.11. The summed E-state index contributed by atoms with van der Waals surface area (Å²) in [6.45, 7) is 2.37. The molecule has 1 aromatic heterocycles. The molecule has 1 fully saturated rings. The van der Waals surface area contributed by atoms with Crippen molar-refractivity contribution < 1.29 is 5.11 Å². The maximum absolute atomic E-state index is 9.35. The molecule has 1 saturated carbocycles. The highest BCUT2D eigenvalue weighted by Gasteiger charge is 2.28. The molecule has 1 heterocycles. The summed E-state index contributed by atoms with van der Waals surface area (Å²) >= 11 is 0. The van der Waals surface area contributed by atoms with Gasteiger partial charge in [-0.3, -0.25) is 4.68 Å². The summed E-state index contributed by atoms with van der Waals surface area (Å²) in [7, 11) is 1.92. The Morgan fingerprint density at radius 1 is 1.50 bits per heavy atom. The number of aliphatic hydroxyl groups excluding tert-OH is 1. The van der Waals surface area contributed by atoms with Crippen molar-refractivity contribution in [3.63, 3.8) is 0 Å². The van der Waals surface area contributed by atoms with E-state index in [4.69, 9.17) is 5.73 Å². The Morgan fingerprint density at radius 3 is 2.94 bits per heavy atom.